The molecular formula is C21H19F3N2O4. The molecule has 2 heterocycles. The smallest absolute Gasteiger partial charge is 0.433 e. The van der Waals surface area contributed by atoms with Crippen molar-refractivity contribution in [1.29, 1.82) is 0 Å². The summed E-state index contributed by atoms with van der Waals surface area (Å²) in [6, 6.07) is 7.74. The van der Waals surface area contributed by atoms with E-state index in [2.05, 4.69) is 10.3 Å². The number of benzene rings is 1. The van der Waals surface area contributed by atoms with Crippen molar-refractivity contribution in [1.82, 2.24) is 10.3 Å². The molecule has 2 aromatic heterocycles. The number of amides is 1. The van der Waals surface area contributed by atoms with E-state index < -0.39 is 29.9 Å². The van der Waals surface area contributed by atoms with Crippen LogP contribution < -0.4 is 10.1 Å². The number of pyridine rings is 1. The highest BCUT2D eigenvalue weighted by atomic mass is 19.4. The molecule has 6 nitrogen and oxygen atoms in total. The van der Waals surface area contributed by atoms with Crippen molar-refractivity contribution in [3.8, 4) is 5.75 Å². The Bertz CT molecular complexity index is 1100. The number of carbonyl (C=O) groups is 1. The number of aryl methyl sites for hydroxylation is 1. The second-order valence-electron chi connectivity index (χ2n) is 7.28. The third-order valence-electron chi connectivity index (χ3n) is 5.14. The van der Waals surface area contributed by atoms with E-state index in [0.29, 0.717) is 35.3 Å². The Morgan fingerprint density at radius 1 is 1.33 bits per heavy atom. The monoisotopic (exact) mass is 420 g/mol. The molecule has 3 aromatic rings. The summed E-state index contributed by atoms with van der Waals surface area (Å²) >= 11 is 0. The zero-order valence-electron chi connectivity index (χ0n) is 16.0. The number of nitrogens with one attached hydrogen (secondary N) is 1. The Labute approximate surface area is 169 Å². The van der Waals surface area contributed by atoms with Gasteiger partial charge in [0.15, 0.2) is 5.69 Å². The van der Waals surface area contributed by atoms with E-state index >= 15 is 0 Å². The van der Waals surface area contributed by atoms with Crippen molar-refractivity contribution >= 4 is 16.9 Å². The second-order valence-corrected chi connectivity index (χ2v) is 7.28. The molecule has 0 saturated heterocycles. The summed E-state index contributed by atoms with van der Waals surface area (Å²) in [5, 5.41) is 12.6. The number of hydrogen-bond acceptors (Lipinski definition) is 5. The fourth-order valence-electron chi connectivity index (χ4n) is 3.72. The van der Waals surface area contributed by atoms with E-state index in [1.165, 1.54) is 12.1 Å². The fourth-order valence-corrected chi connectivity index (χ4v) is 3.72. The van der Waals surface area contributed by atoms with Crippen molar-refractivity contribution in [3.05, 3.63) is 59.1 Å². The number of alkyl halides is 3. The third kappa shape index (κ3) is 3.72. The molecule has 1 aliphatic rings. The molecule has 0 unspecified atom stereocenters. The average molecular weight is 420 g/mol. The van der Waals surface area contributed by atoms with E-state index in [4.69, 9.17) is 14.3 Å². The Morgan fingerprint density at radius 2 is 2.10 bits per heavy atom. The van der Waals surface area contributed by atoms with Crippen LogP contribution >= 0.6 is 0 Å². The summed E-state index contributed by atoms with van der Waals surface area (Å²) < 4.78 is 50.8. The van der Waals surface area contributed by atoms with Gasteiger partial charge in [0.25, 0.3) is 0 Å². The van der Waals surface area contributed by atoms with E-state index in [9.17, 15) is 18.0 Å². The predicted molar refractivity (Wildman–Crippen MR) is 101 cm³/mol. The number of aliphatic hydroxyl groups excluding tert-OH is 1. The van der Waals surface area contributed by atoms with Crippen LogP contribution in [0, 0.1) is 6.92 Å². The number of hydrogen-bond donors (Lipinski definition) is 2. The molecule has 2 N–H and O–H groups in total. The van der Waals surface area contributed by atoms with Crippen LogP contribution in [0.1, 0.15) is 35.4 Å². The largest absolute Gasteiger partial charge is 0.489 e. The van der Waals surface area contributed by atoms with Gasteiger partial charge in [0, 0.05) is 22.7 Å². The maximum atomic E-state index is 13.1. The quantitative estimate of drug-likeness (QED) is 0.633. The first-order chi connectivity index (χ1) is 14.2. The number of aromatic nitrogens is 1. The number of furan rings is 1. The number of carbonyl (C=O) groups excluding carboxylic acids is 1. The molecule has 9 heteroatoms. The minimum absolute atomic E-state index is 0.0671. The highest BCUT2D eigenvalue weighted by Gasteiger charge is 2.48. The lowest BCUT2D eigenvalue weighted by Crippen LogP contribution is -2.36. The molecule has 1 fully saturated rings. The number of fused-ring (bicyclic) bond motifs is 1. The van der Waals surface area contributed by atoms with Gasteiger partial charge >= 0.3 is 6.18 Å². The van der Waals surface area contributed by atoms with Gasteiger partial charge in [0.1, 0.15) is 30.3 Å². The van der Waals surface area contributed by atoms with Crippen molar-refractivity contribution in [2.45, 2.75) is 38.1 Å². The fraction of sp³-hybridized carbons (Fsp3) is 0.333. The molecule has 1 aliphatic carbocycles. The van der Waals surface area contributed by atoms with Crippen molar-refractivity contribution in [2.24, 2.45) is 0 Å². The summed E-state index contributed by atoms with van der Waals surface area (Å²) in [6.45, 7) is 0.872. The molecule has 1 aromatic carbocycles. The van der Waals surface area contributed by atoms with Crippen LogP contribution in [-0.4, -0.2) is 22.6 Å². The lowest BCUT2D eigenvalue weighted by Gasteiger charge is -2.17. The summed E-state index contributed by atoms with van der Waals surface area (Å²) in [6.07, 6.45) is -2.08. The average Bonchev–Trinajstić information content (AvgIpc) is 3.38. The van der Waals surface area contributed by atoms with Gasteiger partial charge in [-0.1, -0.05) is 6.07 Å². The Hall–Kier alpha value is -3.07. The Morgan fingerprint density at radius 3 is 2.77 bits per heavy atom. The molecule has 0 atom stereocenters. The number of rotatable bonds is 6. The van der Waals surface area contributed by atoms with Gasteiger partial charge in [-0.05, 0) is 44.0 Å². The second kappa shape index (κ2) is 7.32. The molecule has 0 radical (unpaired) electrons. The first kappa shape index (κ1) is 20.2. The van der Waals surface area contributed by atoms with Crippen LogP contribution in [0.15, 0.2) is 40.9 Å². The van der Waals surface area contributed by atoms with E-state index in [1.807, 2.05) is 0 Å². The van der Waals surface area contributed by atoms with Gasteiger partial charge in [0.2, 0.25) is 5.91 Å². The maximum absolute atomic E-state index is 13.1. The third-order valence-corrected chi connectivity index (χ3v) is 5.14. The Kier molecular flexibility index (Phi) is 4.93. The molecule has 30 heavy (non-hydrogen) atoms. The molecule has 0 aliphatic heterocycles. The summed E-state index contributed by atoms with van der Waals surface area (Å²) in [5.74, 6) is 0.514. The van der Waals surface area contributed by atoms with E-state index in [-0.39, 0.29) is 12.2 Å². The SMILES string of the molecule is Cc1oc2ccc(OCc3cccnc3C(F)(F)F)cc2c1C1(NC(=O)CO)CC1. The van der Waals surface area contributed by atoms with Gasteiger partial charge in [-0.2, -0.15) is 13.2 Å². The normalized spacial score (nSPS) is 15.2. The molecule has 0 spiro atoms. The molecule has 4 rings (SSSR count). The van der Waals surface area contributed by atoms with Crippen LogP contribution in [0.4, 0.5) is 13.2 Å². The molecule has 1 saturated carbocycles. The summed E-state index contributed by atoms with van der Waals surface area (Å²) in [7, 11) is 0. The standard InChI is InChI=1S/C21H19F3N2O4/c1-12-18(20(6-7-20)26-17(28)10-27)15-9-14(4-5-16(15)30-12)29-11-13-3-2-8-25-19(13)21(22,23)24/h2-5,8-9,27H,6-7,10-11H2,1H3,(H,26,28). The highest BCUT2D eigenvalue weighted by Crippen LogP contribution is 2.50. The molecular weight excluding hydrogens is 401 g/mol. The van der Waals surface area contributed by atoms with Gasteiger partial charge in [0.05, 0.1) is 5.54 Å². The van der Waals surface area contributed by atoms with E-state index in [0.717, 1.165) is 11.8 Å². The van der Waals surface area contributed by atoms with Crippen LogP contribution in [-0.2, 0) is 23.1 Å². The minimum Gasteiger partial charge on any atom is -0.489 e. The van der Waals surface area contributed by atoms with Gasteiger partial charge in [-0.3, -0.25) is 9.78 Å². The van der Waals surface area contributed by atoms with E-state index in [1.54, 1.807) is 25.1 Å². The molecule has 1 amide bonds. The van der Waals surface area contributed by atoms with Crippen molar-refractivity contribution < 1.29 is 32.2 Å². The zero-order valence-corrected chi connectivity index (χ0v) is 16.0. The maximum Gasteiger partial charge on any atom is 0.433 e. The molecule has 158 valence electrons. The van der Waals surface area contributed by atoms with Gasteiger partial charge in [-0.15, -0.1) is 0 Å². The number of nitrogens with zero attached hydrogens (tertiary/aromatic N) is 1. The minimum atomic E-state index is -4.57. The van der Waals surface area contributed by atoms with Crippen LogP contribution in [0.5, 0.6) is 5.75 Å². The number of aliphatic hydroxyl groups is 1. The van der Waals surface area contributed by atoms with Gasteiger partial charge < -0.3 is 19.6 Å². The predicted octanol–water partition coefficient (Wildman–Crippen LogP) is 3.83. The van der Waals surface area contributed by atoms with Crippen molar-refractivity contribution in [3.63, 3.8) is 0 Å². The van der Waals surface area contributed by atoms with Crippen molar-refractivity contribution in [2.75, 3.05) is 6.61 Å². The topological polar surface area (TPSA) is 84.6 Å². The number of halogens is 3. The number of ether oxygens (including phenoxy) is 1. The summed E-state index contributed by atoms with van der Waals surface area (Å²) in [4.78, 5) is 15.2. The zero-order chi connectivity index (χ0) is 21.5. The van der Waals surface area contributed by atoms with Gasteiger partial charge in [-0.25, -0.2) is 0 Å². The molecule has 0 bridgehead atoms. The highest BCUT2D eigenvalue weighted by molar-refractivity contribution is 5.87. The lowest BCUT2D eigenvalue weighted by atomic mass is 10.0. The van der Waals surface area contributed by atoms with Crippen LogP contribution in [0.3, 0.4) is 0 Å². The lowest BCUT2D eigenvalue weighted by molar-refractivity contribution is -0.142. The first-order valence-electron chi connectivity index (χ1n) is 9.33. The summed E-state index contributed by atoms with van der Waals surface area (Å²) in [5.41, 5.74) is -0.281. The Balaban J connectivity index is 1.63. The van der Waals surface area contributed by atoms with Crippen LogP contribution in [0.2, 0.25) is 0 Å². The van der Waals surface area contributed by atoms with Crippen LogP contribution in [0.25, 0.3) is 11.0 Å². The first-order valence-corrected chi connectivity index (χ1v) is 9.33.